The monoisotopic (exact) mass is 222 g/mol. The van der Waals surface area contributed by atoms with Crippen LogP contribution in [0.5, 0.6) is 0 Å². The Balaban J connectivity index is 2.40. The largest absolute Gasteiger partial charge is 0.355 e. The maximum Gasteiger partial charge on any atom is 0.225 e. The summed E-state index contributed by atoms with van der Waals surface area (Å²) in [5.74, 6) is 2.40. The first-order valence-corrected chi connectivity index (χ1v) is 5.70. The Bertz CT molecular complexity index is 297. The van der Waals surface area contributed by atoms with Gasteiger partial charge < -0.3 is 10.6 Å². The number of terminal acetylenes is 1. The molecule has 0 aromatic heterocycles. The van der Waals surface area contributed by atoms with Gasteiger partial charge in [-0.2, -0.15) is 0 Å². The summed E-state index contributed by atoms with van der Waals surface area (Å²) in [5, 5.41) is 5.51. The summed E-state index contributed by atoms with van der Waals surface area (Å²) in [4.78, 5) is 22.7. The van der Waals surface area contributed by atoms with E-state index in [9.17, 15) is 9.59 Å². The molecule has 0 saturated carbocycles. The Morgan fingerprint density at radius 1 is 1.75 bits per heavy atom. The molecule has 2 unspecified atom stereocenters. The first-order valence-electron chi connectivity index (χ1n) is 5.70. The average Bonchev–Trinajstić information content (AvgIpc) is 2.29. The number of nitrogens with one attached hydrogen (secondary N) is 2. The summed E-state index contributed by atoms with van der Waals surface area (Å²) in [6.07, 6.45) is 8.09. The molecular weight excluding hydrogens is 204 g/mol. The fourth-order valence-corrected chi connectivity index (χ4v) is 1.73. The van der Waals surface area contributed by atoms with Crippen LogP contribution in [0, 0.1) is 18.3 Å². The number of hydrogen-bond donors (Lipinski definition) is 2. The second-order valence-corrected chi connectivity index (χ2v) is 4.06. The van der Waals surface area contributed by atoms with Crippen LogP contribution in [0.4, 0.5) is 0 Å². The van der Waals surface area contributed by atoms with Gasteiger partial charge >= 0.3 is 0 Å². The molecule has 88 valence electrons. The number of rotatable bonds is 4. The van der Waals surface area contributed by atoms with Gasteiger partial charge in [-0.3, -0.25) is 9.59 Å². The van der Waals surface area contributed by atoms with Crippen LogP contribution in [0.2, 0.25) is 0 Å². The van der Waals surface area contributed by atoms with E-state index in [1.165, 1.54) is 0 Å². The summed E-state index contributed by atoms with van der Waals surface area (Å²) >= 11 is 0. The normalized spacial score (nSPS) is 21.8. The lowest BCUT2D eigenvalue weighted by Crippen LogP contribution is -2.45. The topological polar surface area (TPSA) is 58.2 Å². The molecule has 1 rings (SSSR count). The molecule has 4 heteroatoms. The van der Waals surface area contributed by atoms with E-state index in [1.54, 1.807) is 0 Å². The average molecular weight is 222 g/mol. The molecule has 0 aromatic rings. The Labute approximate surface area is 96.2 Å². The number of hydrogen-bond acceptors (Lipinski definition) is 2. The van der Waals surface area contributed by atoms with Gasteiger partial charge in [0.25, 0.3) is 0 Å². The van der Waals surface area contributed by atoms with Crippen LogP contribution in [-0.4, -0.2) is 24.4 Å². The molecule has 2 amide bonds. The van der Waals surface area contributed by atoms with Crippen molar-refractivity contribution < 1.29 is 9.59 Å². The van der Waals surface area contributed by atoms with Gasteiger partial charge in [-0.05, 0) is 12.8 Å². The molecule has 0 aromatic carbocycles. The highest BCUT2D eigenvalue weighted by Gasteiger charge is 2.25. The van der Waals surface area contributed by atoms with Crippen LogP contribution in [0.3, 0.4) is 0 Å². The second kappa shape index (κ2) is 6.16. The molecule has 1 aliphatic rings. The van der Waals surface area contributed by atoms with E-state index in [2.05, 4.69) is 16.6 Å². The Morgan fingerprint density at radius 3 is 3.00 bits per heavy atom. The van der Waals surface area contributed by atoms with Gasteiger partial charge in [0.2, 0.25) is 11.8 Å². The molecule has 4 nitrogen and oxygen atoms in total. The summed E-state index contributed by atoms with van der Waals surface area (Å²) in [7, 11) is 0. The van der Waals surface area contributed by atoms with Crippen molar-refractivity contribution in [1.82, 2.24) is 10.6 Å². The van der Waals surface area contributed by atoms with Gasteiger partial charge in [-0.1, -0.05) is 19.3 Å². The van der Waals surface area contributed by atoms with E-state index in [4.69, 9.17) is 6.42 Å². The summed E-state index contributed by atoms with van der Waals surface area (Å²) in [5.41, 5.74) is 0. The lowest BCUT2D eigenvalue weighted by Gasteiger charge is -2.23. The molecular formula is C12H18N2O2. The molecule has 0 bridgehead atoms. The minimum atomic E-state index is -0.185. The highest BCUT2D eigenvalue weighted by atomic mass is 16.2. The minimum absolute atomic E-state index is 0.0195. The third-order valence-corrected chi connectivity index (χ3v) is 2.73. The fraction of sp³-hybridized carbons (Fsp3) is 0.667. The van der Waals surface area contributed by atoms with Crippen molar-refractivity contribution in [2.45, 2.75) is 38.6 Å². The van der Waals surface area contributed by atoms with Gasteiger partial charge in [0.1, 0.15) is 0 Å². The molecule has 0 radical (unpaired) electrons. The van der Waals surface area contributed by atoms with Crippen LogP contribution >= 0.6 is 0 Å². The standard InChI is InChI=1S/C12H18N2O2/c1-3-5-10(4-2)14-12(16)9-6-7-11(15)13-8-9/h2,9-10H,3,5-8H2,1H3,(H,13,15)(H,14,16). The van der Waals surface area contributed by atoms with E-state index in [-0.39, 0.29) is 23.8 Å². The maximum atomic E-state index is 11.8. The van der Waals surface area contributed by atoms with Crippen molar-refractivity contribution in [2.24, 2.45) is 5.92 Å². The van der Waals surface area contributed by atoms with Gasteiger partial charge in [-0.15, -0.1) is 6.42 Å². The zero-order valence-corrected chi connectivity index (χ0v) is 9.58. The summed E-state index contributed by atoms with van der Waals surface area (Å²) in [6, 6.07) is -0.185. The van der Waals surface area contributed by atoms with Crippen LogP contribution in [0.25, 0.3) is 0 Å². The van der Waals surface area contributed by atoms with E-state index < -0.39 is 0 Å². The van der Waals surface area contributed by atoms with Crippen LogP contribution in [0.1, 0.15) is 32.6 Å². The van der Waals surface area contributed by atoms with E-state index >= 15 is 0 Å². The Morgan fingerprint density at radius 2 is 2.50 bits per heavy atom. The zero-order chi connectivity index (χ0) is 12.0. The van der Waals surface area contributed by atoms with E-state index in [0.717, 1.165) is 12.8 Å². The van der Waals surface area contributed by atoms with Crippen molar-refractivity contribution >= 4 is 11.8 Å². The highest BCUT2D eigenvalue weighted by molar-refractivity contribution is 5.84. The predicted octanol–water partition coefficient (Wildman–Crippen LogP) is 0.431. The van der Waals surface area contributed by atoms with Gasteiger partial charge in [-0.25, -0.2) is 0 Å². The quantitative estimate of drug-likeness (QED) is 0.678. The van der Waals surface area contributed by atoms with Crippen LogP contribution < -0.4 is 10.6 Å². The maximum absolute atomic E-state index is 11.8. The molecule has 2 atom stereocenters. The molecule has 1 saturated heterocycles. The number of carbonyl (C=O) groups excluding carboxylic acids is 2. The third kappa shape index (κ3) is 3.58. The summed E-state index contributed by atoms with van der Waals surface area (Å²) < 4.78 is 0. The van der Waals surface area contributed by atoms with Crippen molar-refractivity contribution in [3.05, 3.63) is 0 Å². The van der Waals surface area contributed by atoms with Crippen molar-refractivity contribution in [2.75, 3.05) is 6.54 Å². The van der Waals surface area contributed by atoms with Gasteiger partial charge in [0.15, 0.2) is 0 Å². The Kier molecular flexibility index (Phi) is 4.84. The molecule has 1 fully saturated rings. The van der Waals surface area contributed by atoms with E-state index in [0.29, 0.717) is 19.4 Å². The minimum Gasteiger partial charge on any atom is -0.355 e. The molecule has 16 heavy (non-hydrogen) atoms. The second-order valence-electron chi connectivity index (χ2n) is 4.06. The highest BCUT2D eigenvalue weighted by Crippen LogP contribution is 2.11. The Hall–Kier alpha value is -1.50. The SMILES string of the molecule is C#CC(CCC)NC(=O)C1CCC(=O)NC1. The number of piperidine rings is 1. The third-order valence-electron chi connectivity index (χ3n) is 2.73. The number of amides is 2. The van der Waals surface area contributed by atoms with Gasteiger partial charge in [0.05, 0.1) is 12.0 Å². The van der Waals surface area contributed by atoms with Gasteiger partial charge in [0, 0.05) is 13.0 Å². The number of carbonyl (C=O) groups is 2. The van der Waals surface area contributed by atoms with E-state index in [1.807, 2.05) is 6.92 Å². The fourth-order valence-electron chi connectivity index (χ4n) is 1.73. The van der Waals surface area contributed by atoms with Crippen LogP contribution in [0.15, 0.2) is 0 Å². The predicted molar refractivity (Wildman–Crippen MR) is 61.4 cm³/mol. The summed E-state index contributed by atoms with van der Waals surface area (Å²) in [6.45, 7) is 2.45. The molecule has 0 aliphatic carbocycles. The van der Waals surface area contributed by atoms with Crippen molar-refractivity contribution in [3.63, 3.8) is 0 Å². The molecule has 1 heterocycles. The molecule has 0 spiro atoms. The molecule has 1 aliphatic heterocycles. The first-order chi connectivity index (χ1) is 7.67. The molecule has 2 N–H and O–H groups in total. The van der Waals surface area contributed by atoms with Crippen LogP contribution in [-0.2, 0) is 9.59 Å². The van der Waals surface area contributed by atoms with Crippen molar-refractivity contribution in [1.29, 1.82) is 0 Å². The zero-order valence-electron chi connectivity index (χ0n) is 9.58. The van der Waals surface area contributed by atoms with Crippen molar-refractivity contribution in [3.8, 4) is 12.3 Å². The lowest BCUT2D eigenvalue weighted by atomic mass is 9.98. The first kappa shape index (κ1) is 12.6. The smallest absolute Gasteiger partial charge is 0.225 e. The lowest BCUT2D eigenvalue weighted by molar-refractivity contribution is -0.129.